The maximum atomic E-state index is 10.7. The smallest absolute Gasteiger partial charge is 0.158 e. The van der Waals surface area contributed by atoms with Crippen LogP contribution in [0.2, 0.25) is 0 Å². The Morgan fingerprint density at radius 1 is 1.25 bits per heavy atom. The van der Waals surface area contributed by atoms with E-state index in [-0.39, 0.29) is 0 Å². The van der Waals surface area contributed by atoms with E-state index in [2.05, 4.69) is 35.9 Å². The van der Waals surface area contributed by atoms with E-state index < -0.39 is 5.60 Å². The zero-order valence-electron chi connectivity index (χ0n) is 11.2. The first-order valence-corrected chi connectivity index (χ1v) is 7.31. The van der Waals surface area contributed by atoms with Gasteiger partial charge in [-0.1, -0.05) is 0 Å². The molecule has 20 heavy (non-hydrogen) atoms. The lowest BCUT2D eigenvalue weighted by atomic mass is 9.90. The number of aliphatic hydroxyl groups is 1. The second-order valence-corrected chi connectivity index (χ2v) is 5.98. The van der Waals surface area contributed by atoms with Gasteiger partial charge in [0.2, 0.25) is 0 Å². The van der Waals surface area contributed by atoms with Gasteiger partial charge in [-0.05, 0) is 28.1 Å². The molecule has 0 bridgehead atoms. The van der Waals surface area contributed by atoms with Crippen LogP contribution in [0.15, 0.2) is 29.1 Å². The molecule has 0 radical (unpaired) electrons. The van der Waals surface area contributed by atoms with E-state index in [1.54, 1.807) is 10.9 Å². The molecule has 1 aliphatic rings. The molecule has 6 nitrogen and oxygen atoms in total. The number of hydrogen-bond acceptors (Lipinski definition) is 5. The molecule has 7 heteroatoms. The van der Waals surface area contributed by atoms with E-state index in [4.69, 9.17) is 0 Å². The van der Waals surface area contributed by atoms with E-state index in [9.17, 15) is 5.11 Å². The first-order chi connectivity index (χ1) is 9.58. The predicted octanol–water partition coefficient (Wildman–Crippen LogP) is 1.46. The fraction of sp³-hybridized carbons (Fsp3) is 0.462. The number of piperidine rings is 1. The minimum Gasteiger partial charge on any atom is -0.382 e. The standard InChI is InChI=1S/C13H16BrN5O/c1-18-12(16-9-17-18)13(20)4-6-19(7-5-13)11-3-2-10(14)8-15-11/h2-3,8-9,20H,4-7H2,1H3. The summed E-state index contributed by atoms with van der Waals surface area (Å²) in [5.41, 5.74) is -0.892. The van der Waals surface area contributed by atoms with E-state index in [0.29, 0.717) is 18.7 Å². The lowest BCUT2D eigenvalue weighted by Gasteiger charge is -2.37. The van der Waals surface area contributed by atoms with Gasteiger partial charge in [0.25, 0.3) is 0 Å². The molecule has 0 amide bonds. The zero-order chi connectivity index (χ0) is 14.2. The molecule has 3 heterocycles. The molecule has 3 rings (SSSR count). The Kier molecular flexibility index (Phi) is 3.47. The second-order valence-electron chi connectivity index (χ2n) is 5.06. The van der Waals surface area contributed by atoms with E-state index in [1.807, 2.05) is 19.2 Å². The first kappa shape index (κ1) is 13.5. The van der Waals surface area contributed by atoms with Crippen LogP contribution in [-0.4, -0.2) is 37.9 Å². The van der Waals surface area contributed by atoms with Crippen LogP contribution in [0.3, 0.4) is 0 Å². The molecule has 0 aliphatic carbocycles. The number of aromatic nitrogens is 4. The van der Waals surface area contributed by atoms with Gasteiger partial charge < -0.3 is 10.0 Å². The van der Waals surface area contributed by atoms with Gasteiger partial charge in [-0.15, -0.1) is 0 Å². The Morgan fingerprint density at radius 2 is 2.00 bits per heavy atom. The Hall–Kier alpha value is -1.47. The largest absolute Gasteiger partial charge is 0.382 e. The summed E-state index contributed by atoms with van der Waals surface area (Å²) >= 11 is 3.38. The van der Waals surface area contributed by atoms with Crippen molar-refractivity contribution in [3.05, 3.63) is 35.0 Å². The number of pyridine rings is 1. The lowest BCUT2D eigenvalue weighted by Crippen LogP contribution is -2.44. The number of aryl methyl sites for hydroxylation is 1. The normalized spacial score (nSPS) is 18.2. The maximum absolute atomic E-state index is 10.7. The third kappa shape index (κ3) is 2.43. The third-order valence-electron chi connectivity index (χ3n) is 3.75. The summed E-state index contributed by atoms with van der Waals surface area (Å²) in [4.78, 5) is 10.8. The van der Waals surface area contributed by atoms with Crippen LogP contribution in [0, 0.1) is 0 Å². The lowest BCUT2D eigenvalue weighted by molar-refractivity contribution is -0.000176. The van der Waals surface area contributed by atoms with Gasteiger partial charge in [0.15, 0.2) is 5.82 Å². The monoisotopic (exact) mass is 337 g/mol. The number of halogens is 1. The topological polar surface area (TPSA) is 67.1 Å². The van der Waals surface area contributed by atoms with Gasteiger partial charge in [0.1, 0.15) is 17.7 Å². The van der Waals surface area contributed by atoms with Crippen LogP contribution in [0.25, 0.3) is 0 Å². The van der Waals surface area contributed by atoms with Crippen LogP contribution in [-0.2, 0) is 12.6 Å². The van der Waals surface area contributed by atoms with Gasteiger partial charge in [0, 0.05) is 43.6 Å². The first-order valence-electron chi connectivity index (χ1n) is 6.52. The average molecular weight is 338 g/mol. The summed E-state index contributed by atoms with van der Waals surface area (Å²) in [5, 5.41) is 14.8. The molecule has 2 aromatic rings. The molecule has 1 saturated heterocycles. The summed E-state index contributed by atoms with van der Waals surface area (Å²) in [6.45, 7) is 1.50. The minimum absolute atomic E-state index is 0.622. The Balaban J connectivity index is 1.73. The molecule has 0 atom stereocenters. The highest BCUT2D eigenvalue weighted by molar-refractivity contribution is 9.10. The number of anilines is 1. The fourth-order valence-electron chi connectivity index (χ4n) is 2.60. The highest BCUT2D eigenvalue weighted by Gasteiger charge is 2.37. The quantitative estimate of drug-likeness (QED) is 0.898. The van der Waals surface area contributed by atoms with Crippen LogP contribution >= 0.6 is 15.9 Å². The van der Waals surface area contributed by atoms with Crippen molar-refractivity contribution in [3.8, 4) is 0 Å². The summed E-state index contributed by atoms with van der Waals surface area (Å²) in [7, 11) is 1.81. The molecule has 1 N–H and O–H groups in total. The molecular formula is C13H16BrN5O. The van der Waals surface area contributed by atoms with Crippen LogP contribution < -0.4 is 4.90 Å². The molecule has 0 saturated carbocycles. The van der Waals surface area contributed by atoms with Crippen molar-refractivity contribution < 1.29 is 5.11 Å². The van der Waals surface area contributed by atoms with Crippen molar-refractivity contribution in [2.24, 2.45) is 7.05 Å². The molecule has 1 fully saturated rings. The third-order valence-corrected chi connectivity index (χ3v) is 4.22. The Labute approximate surface area is 125 Å². The minimum atomic E-state index is -0.892. The molecule has 0 spiro atoms. The van der Waals surface area contributed by atoms with Crippen molar-refractivity contribution in [1.29, 1.82) is 0 Å². The van der Waals surface area contributed by atoms with Gasteiger partial charge in [-0.2, -0.15) is 5.10 Å². The van der Waals surface area contributed by atoms with Gasteiger partial charge in [0.05, 0.1) is 0 Å². The molecule has 2 aromatic heterocycles. The number of hydrogen-bond donors (Lipinski definition) is 1. The van der Waals surface area contributed by atoms with Crippen LogP contribution in [0.4, 0.5) is 5.82 Å². The van der Waals surface area contributed by atoms with Crippen molar-refractivity contribution in [1.82, 2.24) is 19.7 Å². The van der Waals surface area contributed by atoms with Crippen molar-refractivity contribution in [3.63, 3.8) is 0 Å². The van der Waals surface area contributed by atoms with E-state index in [1.165, 1.54) is 6.33 Å². The average Bonchev–Trinajstić information content (AvgIpc) is 2.88. The maximum Gasteiger partial charge on any atom is 0.158 e. The fourth-order valence-corrected chi connectivity index (χ4v) is 2.84. The molecule has 106 valence electrons. The van der Waals surface area contributed by atoms with Crippen molar-refractivity contribution in [2.45, 2.75) is 18.4 Å². The molecular weight excluding hydrogens is 322 g/mol. The molecule has 1 aliphatic heterocycles. The van der Waals surface area contributed by atoms with Crippen molar-refractivity contribution >= 4 is 21.7 Å². The number of rotatable bonds is 2. The SMILES string of the molecule is Cn1ncnc1C1(O)CCN(c2ccc(Br)cn2)CC1. The van der Waals surface area contributed by atoms with E-state index >= 15 is 0 Å². The Bertz CT molecular complexity index is 589. The predicted molar refractivity (Wildman–Crippen MR) is 78.3 cm³/mol. The summed E-state index contributed by atoms with van der Waals surface area (Å²) in [6, 6.07) is 3.96. The molecule has 0 aromatic carbocycles. The summed E-state index contributed by atoms with van der Waals surface area (Å²) in [6.07, 6.45) is 4.52. The second kappa shape index (κ2) is 5.14. The van der Waals surface area contributed by atoms with Crippen LogP contribution in [0.1, 0.15) is 18.7 Å². The highest BCUT2D eigenvalue weighted by atomic mass is 79.9. The Morgan fingerprint density at radius 3 is 2.55 bits per heavy atom. The zero-order valence-corrected chi connectivity index (χ0v) is 12.8. The van der Waals surface area contributed by atoms with Crippen molar-refractivity contribution in [2.75, 3.05) is 18.0 Å². The van der Waals surface area contributed by atoms with Crippen LogP contribution in [0.5, 0.6) is 0 Å². The van der Waals surface area contributed by atoms with Gasteiger partial charge >= 0.3 is 0 Å². The van der Waals surface area contributed by atoms with Gasteiger partial charge in [-0.3, -0.25) is 4.68 Å². The van der Waals surface area contributed by atoms with Gasteiger partial charge in [-0.25, -0.2) is 9.97 Å². The van der Waals surface area contributed by atoms with E-state index in [0.717, 1.165) is 23.4 Å². The summed E-state index contributed by atoms with van der Waals surface area (Å²) < 4.78 is 2.61. The number of nitrogens with zero attached hydrogens (tertiary/aromatic N) is 5. The summed E-state index contributed by atoms with van der Waals surface area (Å²) in [5.74, 6) is 1.58. The molecule has 0 unspecified atom stereocenters. The highest BCUT2D eigenvalue weighted by Crippen LogP contribution is 2.32.